The largest absolute Gasteiger partial charge is 0.360 e. The lowest BCUT2D eigenvalue weighted by molar-refractivity contribution is -0.115. The fourth-order valence-corrected chi connectivity index (χ4v) is 3.90. The summed E-state index contributed by atoms with van der Waals surface area (Å²) in [5.74, 6) is -0.399. The van der Waals surface area contributed by atoms with Gasteiger partial charge in [0.05, 0.1) is 12.2 Å². The number of hydrogen-bond acceptors (Lipinski definition) is 3. The lowest BCUT2D eigenvalue weighted by atomic mass is 10.2. The number of nitrogens with one attached hydrogen (secondary N) is 1. The Balaban J connectivity index is 1.71. The van der Waals surface area contributed by atoms with Crippen LogP contribution in [0.25, 0.3) is 0 Å². The first-order valence-corrected chi connectivity index (χ1v) is 8.59. The lowest BCUT2D eigenvalue weighted by Gasteiger charge is -2.34. The maximum atomic E-state index is 12.9. The van der Waals surface area contributed by atoms with E-state index >= 15 is 0 Å². The summed E-state index contributed by atoms with van der Waals surface area (Å²) in [5.41, 5.74) is 1.72. The van der Waals surface area contributed by atoms with Crippen LogP contribution in [0.1, 0.15) is 13.3 Å². The van der Waals surface area contributed by atoms with E-state index in [0.29, 0.717) is 17.5 Å². The van der Waals surface area contributed by atoms with Gasteiger partial charge in [0.25, 0.3) is 0 Å². The summed E-state index contributed by atoms with van der Waals surface area (Å²) < 4.78 is 12.9. The molecule has 0 aliphatic carbocycles. The number of carbonyl (C=O) groups excluding carboxylic acids is 1. The molecule has 0 aromatic heterocycles. The minimum Gasteiger partial charge on any atom is -0.360 e. The molecule has 2 aromatic carbocycles. The van der Waals surface area contributed by atoms with Crippen LogP contribution in [0.3, 0.4) is 0 Å². The topological polar surface area (TPSA) is 32.3 Å². The molecule has 2 aromatic rings. The molecule has 1 N–H and O–H groups in total. The highest BCUT2D eigenvalue weighted by molar-refractivity contribution is 8.00. The number of fused-ring (bicyclic) bond motifs is 1. The minimum absolute atomic E-state index is 0.0897. The summed E-state index contributed by atoms with van der Waals surface area (Å²) in [5, 5.41) is 3.32. The highest BCUT2D eigenvalue weighted by Gasteiger charge is 2.25. The summed E-state index contributed by atoms with van der Waals surface area (Å²) >= 11 is 1.88. The summed E-state index contributed by atoms with van der Waals surface area (Å²) in [4.78, 5) is 15.7. The molecule has 5 heteroatoms. The van der Waals surface area contributed by atoms with E-state index in [1.807, 2.05) is 23.9 Å². The van der Waals surface area contributed by atoms with Gasteiger partial charge in [0.1, 0.15) is 5.82 Å². The van der Waals surface area contributed by atoms with Gasteiger partial charge in [0.2, 0.25) is 5.91 Å². The van der Waals surface area contributed by atoms with Gasteiger partial charge in [-0.15, -0.1) is 11.8 Å². The number of nitrogens with zero attached hydrogens (tertiary/aromatic N) is 1. The molecular formula is C18H19FN2OS. The van der Waals surface area contributed by atoms with Gasteiger partial charge in [-0.2, -0.15) is 0 Å². The van der Waals surface area contributed by atoms with Crippen molar-refractivity contribution in [2.24, 2.45) is 0 Å². The zero-order valence-electron chi connectivity index (χ0n) is 13.0. The standard InChI is InChI=1S/C18H19FN2OS/c1-2-15-11-21(16-5-3-4-6-17(16)23-15)12-18(22)20-14-9-7-13(19)8-10-14/h3-10,15H,2,11-12H2,1H3,(H,20,22)/t15-/m1/s1. The second kappa shape index (κ2) is 7.04. The van der Waals surface area contributed by atoms with Crippen molar-refractivity contribution in [1.82, 2.24) is 0 Å². The van der Waals surface area contributed by atoms with Crippen molar-refractivity contribution in [2.45, 2.75) is 23.5 Å². The molecular weight excluding hydrogens is 311 g/mol. The fourth-order valence-electron chi connectivity index (χ4n) is 2.65. The third-order valence-corrected chi connectivity index (χ3v) is 5.26. The molecule has 1 aliphatic rings. The summed E-state index contributed by atoms with van der Waals surface area (Å²) in [7, 11) is 0. The Labute approximate surface area is 139 Å². The number of thioether (sulfide) groups is 1. The smallest absolute Gasteiger partial charge is 0.243 e. The highest BCUT2D eigenvalue weighted by Crippen LogP contribution is 2.39. The zero-order chi connectivity index (χ0) is 16.2. The molecule has 0 unspecified atom stereocenters. The van der Waals surface area contributed by atoms with Crippen LogP contribution < -0.4 is 10.2 Å². The number of halogens is 1. The Bertz CT molecular complexity index is 690. The molecule has 0 saturated carbocycles. The predicted octanol–water partition coefficient (Wildman–Crippen LogP) is 4.16. The summed E-state index contributed by atoms with van der Waals surface area (Å²) in [6, 6.07) is 14.0. The van der Waals surface area contributed by atoms with Crippen molar-refractivity contribution < 1.29 is 9.18 Å². The quantitative estimate of drug-likeness (QED) is 0.914. The van der Waals surface area contributed by atoms with Crippen LogP contribution in [0.15, 0.2) is 53.4 Å². The second-order valence-corrected chi connectivity index (χ2v) is 6.89. The number of hydrogen-bond donors (Lipinski definition) is 1. The van der Waals surface area contributed by atoms with Crippen LogP contribution in [-0.4, -0.2) is 24.2 Å². The normalized spacial score (nSPS) is 16.8. The third kappa shape index (κ3) is 3.85. The van der Waals surface area contributed by atoms with E-state index in [-0.39, 0.29) is 11.7 Å². The maximum absolute atomic E-state index is 12.9. The van der Waals surface area contributed by atoms with Crippen LogP contribution >= 0.6 is 11.8 Å². The predicted molar refractivity (Wildman–Crippen MR) is 93.6 cm³/mol. The van der Waals surface area contributed by atoms with Gasteiger partial charge in [0, 0.05) is 22.4 Å². The van der Waals surface area contributed by atoms with E-state index in [9.17, 15) is 9.18 Å². The van der Waals surface area contributed by atoms with Crippen molar-refractivity contribution in [2.75, 3.05) is 23.3 Å². The Morgan fingerprint density at radius 1 is 1.26 bits per heavy atom. The van der Waals surface area contributed by atoms with E-state index in [4.69, 9.17) is 0 Å². The lowest BCUT2D eigenvalue weighted by Crippen LogP contribution is -2.40. The Morgan fingerprint density at radius 2 is 2.00 bits per heavy atom. The third-order valence-electron chi connectivity index (χ3n) is 3.84. The van der Waals surface area contributed by atoms with Gasteiger partial charge in [-0.05, 0) is 42.8 Å². The first kappa shape index (κ1) is 15.9. The first-order valence-electron chi connectivity index (χ1n) is 7.71. The molecule has 0 fully saturated rings. The van der Waals surface area contributed by atoms with Gasteiger partial charge in [-0.3, -0.25) is 4.79 Å². The molecule has 1 heterocycles. The molecule has 0 saturated heterocycles. The number of amides is 1. The van der Waals surface area contributed by atoms with E-state index in [2.05, 4.69) is 29.3 Å². The summed E-state index contributed by atoms with van der Waals surface area (Å²) in [6.07, 6.45) is 1.06. The zero-order valence-corrected chi connectivity index (χ0v) is 13.8. The molecule has 3 nitrogen and oxygen atoms in total. The molecule has 1 amide bonds. The SMILES string of the molecule is CC[C@@H]1CN(CC(=O)Nc2ccc(F)cc2)c2ccccc2S1. The number of para-hydroxylation sites is 1. The molecule has 0 bridgehead atoms. The second-order valence-electron chi connectivity index (χ2n) is 5.55. The van der Waals surface area contributed by atoms with Gasteiger partial charge in [0.15, 0.2) is 0 Å². The molecule has 23 heavy (non-hydrogen) atoms. The Kier molecular flexibility index (Phi) is 4.86. The molecule has 1 atom stereocenters. The van der Waals surface area contributed by atoms with Crippen molar-refractivity contribution in [3.8, 4) is 0 Å². The van der Waals surface area contributed by atoms with Crippen LogP contribution in [-0.2, 0) is 4.79 Å². The van der Waals surface area contributed by atoms with Crippen LogP contribution in [0, 0.1) is 5.82 Å². The first-order chi connectivity index (χ1) is 11.2. The van der Waals surface area contributed by atoms with Crippen molar-refractivity contribution in [1.29, 1.82) is 0 Å². The van der Waals surface area contributed by atoms with Gasteiger partial charge >= 0.3 is 0 Å². The van der Waals surface area contributed by atoms with Gasteiger partial charge < -0.3 is 10.2 Å². The molecule has 0 radical (unpaired) electrons. The highest BCUT2D eigenvalue weighted by atomic mass is 32.2. The van der Waals surface area contributed by atoms with Crippen molar-refractivity contribution in [3.63, 3.8) is 0 Å². The average molecular weight is 330 g/mol. The molecule has 3 rings (SSSR count). The van der Waals surface area contributed by atoms with Gasteiger partial charge in [-0.25, -0.2) is 4.39 Å². The van der Waals surface area contributed by atoms with Crippen LogP contribution in [0.4, 0.5) is 15.8 Å². The number of rotatable bonds is 4. The summed E-state index contributed by atoms with van der Waals surface area (Å²) in [6.45, 7) is 3.32. The van der Waals surface area contributed by atoms with E-state index in [1.165, 1.54) is 17.0 Å². The molecule has 0 spiro atoms. The fraction of sp³-hybridized carbons (Fsp3) is 0.278. The monoisotopic (exact) mass is 330 g/mol. The van der Waals surface area contributed by atoms with Crippen molar-refractivity contribution >= 4 is 29.0 Å². The van der Waals surface area contributed by atoms with E-state index < -0.39 is 0 Å². The molecule has 1 aliphatic heterocycles. The number of benzene rings is 2. The van der Waals surface area contributed by atoms with Crippen LogP contribution in [0.5, 0.6) is 0 Å². The Morgan fingerprint density at radius 3 is 2.74 bits per heavy atom. The maximum Gasteiger partial charge on any atom is 0.243 e. The Hall–Kier alpha value is -2.01. The van der Waals surface area contributed by atoms with Crippen molar-refractivity contribution in [3.05, 3.63) is 54.3 Å². The number of anilines is 2. The minimum atomic E-state index is -0.309. The average Bonchev–Trinajstić information content (AvgIpc) is 2.56. The molecule has 120 valence electrons. The van der Waals surface area contributed by atoms with E-state index in [1.54, 1.807) is 12.1 Å². The number of carbonyl (C=O) groups is 1. The van der Waals surface area contributed by atoms with Crippen LogP contribution in [0.2, 0.25) is 0 Å². The van der Waals surface area contributed by atoms with Gasteiger partial charge in [-0.1, -0.05) is 19.1 Å². The van der Waals surface area contributed by atoms with E-state index in [0.717, 1.165) is 18.7 Å².